The normalized spacial score (nSPS) is 18.2. The third kappa shape index (κ3) is 2.29. The topological polar surface area (TPSA) is 63.3 Å². The smallest absolute Gasteiger partial charge is 0.257 e. The summed E-state index contributed by atoms with van der Waals surface area (Å²) in [5.74, 6) is 1.08. The van der Waals surface area contributed by atoms with E-state index in [2.05, 4.69) is 34.1 Å². The van der Waals surface area contributed by atoms with Gasteiger partial charge in [0, 0.05) is 32.0 Å². The molecule has 1 spiro atoms. The zero-order chi connectivity index (χ0) is 17.6. The van der Waals surface area contributed by atoms with Gasteiger partial charge >= 0.3 is 0 Å². The maximum absolute atomic E-state index is 12.6. The number of benzene rings is 1. The number of nitrogens with zero attached hydrogens (tertiary/aromatic N) is 3. The quantitative estimate of drug-likeness (QED) is 0.734. The van der Waals surface area contributed by atoms with E-state index in [1.807, 2.05) is 17.3 Å². The fourth-order valence-corrected chi connectivity index (χ4v) is 4.15. The van der Waals surface area contributed by atoms with Crippen molar-refractivity contribution in [2.24, 2.45) is 0 Å². The predicted octanol–water partition coefficient (Wildman–Crippen LogP) is 2.70. The Bertz CT molecular complexity index is 936. The molecule has 132 valence electrons. The van der Waals surface area contributed by atoms with Crippen LogP contribution >= 0.6 is 0 Å². The molecule has 2 aliphatic rings. The van der Waals surface area contributed by atoms with Crippen molar-refractivity contribution in [3.8, 4) is 5.69 Å². The van der Waals surface area contributed by atoms with Crippen LogP contribution in [0.1, 0.15) is 34.6 Å². The highest BCUT2D eigenvalue weighted by Crippen LogP contribution is 2.36. The van der Waals surface area contributed by atoms with Crippen molar-refractivity contribution in [2.45, 2.75) is 24.9 Å². The Morgan fingerprint density at radius 1 is 1.19 bits per heavy atom. The van der Waals surface area contributed by atoms with Gasteiger partial charge in [0.05, 0.1) is 23.1 Å². The molecule has 0 saturated carbocycles. The van der Waals surface area contributed by atoms with E-state index in [4.69, 9.17) is 9.40 Å². The Labute approximate surface area is 151 Å². The average Bonchev–Trinajstić information content (AvgIpc) is 3.37. The molecule has 6 heteroatoms. The monoisotopic (exact) mass is 348 g/mol. The van der Waals surface area contributed by atoms with E-state index in [1.165, 1.54) is 17.5 Å². The van der Waals surface area contributed by atoms with E-state index in [9.17, 15) is 4.79 Å². The number of carbonyl (C=O) groups excluding carboxylic acids is 1. The SMILES string of the molecule is O=C(c1ccoc1)N1CCC2(CC1)NCc1ccccc1-n1ccnc12. The molecule has 0 bridgehead atoms. The third-order valence-corrected chi connectivity index (χ3v) is 5.61. The molecule has 1 amide bonds. The number of fused-ring (bicyclic) bond motifs is 4. The van der Waals surface area contributed by atoms with Gasteiger partial charge in [-0.3, -0.25) is 4.79 Å². The number of carbonyl (C=O) groups is 1. The number of nitrogens with one attached hydrogen (secondary N) is 1. The maximum Gasteiger partial charge on any atom is 0.257 e. The van der Waals surface area contributed by atoms with Crippen LogP contribution in [-0.2, 0) is 12.1 Å². The number of rotatable bonds is 1. The van der Waals surface area contributed by atoms with Crippen molar-refractivity contribution in [3.05, 3.63) is 72.2 Å². The minimum absolute atomic E-state index is 0.0360. The van der Waals surface area contributed by atoms with Gasteiger partial charge in [-0.05, 0) is 30.5 Å². The van der Waals surface area contributed by atoms with Crippen molar-refractivity contribution in [3.63, 3.8) is 0 Å². The molecular formula is C20H20N4O2. The molecule has 1 N–H and O–H groups in total. The summed E-state index contributed by atoms with van der Waals surface area (Å²) in [5, 5.41) is 3.75. The Balaban J connectivity index is 1.44. The second-order valence-corrected chi connectivity index (χ2v) is 6.99. The molecule has 6 nitrogen and oxygen atoms in total. The van der Waals surface area contributed by atoms with Gasteiger partial charge in [0.25, 0.3) is 5.91 Å². The van der Waals surface area contributed by atoms with E-state index >= 15 is 0 Å². The van der Waals surface area contributed by atoms with Crippen LogP contribution in [0.25, 0.3) is 5.69 Å². The zero-order valence-electron chi connectivity index (χ0n) is 14.4. The van der Waals surface area contributed by atoms with Crippen molar-refractivity contribution in [2.75, 3.05) is 13.1 Å². The van der Waals surface area contributed by atoms with Crippen LogP contribution in [-0.4, -0.2) is 33.4 Å². The average molecular weight is 348 g/mol. The maximum atomic E-state index is 12.6. The van der Waals surface area contributed by atoms with Gasteiger partial charge in [-0.2, -0.15) is 0 Å². The van der Waals surface area contributed by atoms with Crippen LogP contribution in [0, 0.1) is 0 Å². The second-order valence-electron chi connectivity index (χ2n) is 6.99. The summed E-state index contributed by atoms with van der Waals surface area (Å²) >= 11 is 0. The number of imidazole rings is 1. The van der Waals surface area contributed by atoms with E-state index in [0.29, 0.717) is 18.7 Å². The summed E-state index contributed by atoms with van der Waals surface area (Å²) < 4.78 is 7.25. The van der Waals surface area contributed by atoms with Gasteiger partial charge < -0.3 is 19.2 Å². The summed E-state index contributed by atoms with van der Waals surface area (Å²) in [6, 6.07) is 10.1. The summed E-state index contributed by atoms with van der Waals surface area (Å²) in [7, 11) is 0. The van der Waals surface area contributed by atoms with Gasteiger partial charge in [0.15, 0.2) is 0 Å². The molecule has 0 aliphatic carbocycles. The van der Waals surface area contributed by atoms with Crippen LogP contribution < -0.4 is 5.32 Å². The zero-order valence-corrected chi connectivity index (χ0v) is 14.4. The summed E-state index contributed by atoms with van der Waals surface area (Å²) in [6.45, 7) is 2.19. The minimum Gasteiger partial charge on any atom is -0.472 e. The molecule has 0 radical (unpaired) electrons. The summed E-state index contributed by atoms with van der Waals surface area (Å²) in [5.41, 5.74) is 2.85. The number of hydrogen-bond donors (Lipinski definition) is 1. The number of hydrogen-bond acceptors (Lipinski definition) is 4. The molecule has 5 rings (SSSR count). The highest BCUT2D eigenvalue weighted by atomic mass is 16.3. The molecule has 2 aliphatic heterocycles. The Kier molecular flexibility index (Phi) is 3.46. The first-order valence-corrected chi connectivity index (χ1v) is 8.95. The lowest BCUT2D eigenvalue weighted by Gasteiger charge is -2.41. The van der Waals surface area contributed by atoms with Crippen molar-refractivity contribution < 1.29 is 9.21 Å². The number of furan rings is 1. The number of aromatic nitrogens is 2. The molecule has 2 aromatic heterocycles. The molecule has 1 aromatic carbocycles. The fraction of sp³-hybridized carbons (Fsp3) is 0.300. The number of para-hydroxylation sites is 1. The molecule has 4 heterocycles. The van der Waals surface area contributed by atoms with Crippen molar-refractivity contribution in [1.29, 1.82) is 0 Å². The first-order chi connectivity index (χ1) is 12.8. The molecule has 26 heavy (non-hydrogen) atoms. The summed E-state index contributed by atoms with van der Waals surface area (Å²) in [6.07, 6.45) is 8.62. The number of amides is 1. The molecule has 1 fully saturated rings. The largest absolute Gasteiger partial charge is 0.472 e. The van der Waals surface area contributed by atoms with E-state index in [-0.39, 0.29) is 11.4 Å². The Morgan fingerprint density at radius 2 is 2.04 bits per heavy atom. The Hall–Kier alpha value is -2.86. The van der Waals surface area contributed by atoms with Crippen LogP contribution in [0.4, 0.5) is 0 Å². The number of piperidine rings is 1. The third-order valence-electron chi connectivity index (χ3n) is 5.61. The first kappa shape index (κ1) is 15.4. The van der Waals surface area contributed by atoms with Gasteiger partial charge in [-0.25, -0.2) is 4.98 Å². The molecule has 3 aromatic rings. The minimum atomic E-state index is -0.213. The fourth-order valence-electron chi connectivity index (χ4n) is 4.15. The lowest BCUT2D eigenvalue weighted by molar-refractivity contribution is 0.0625. The van der Waals surface area contributed by atoms with Crippen molar-refractivity contribution >= 4 is 5.91 Å². The van der Waals surface area contributed by atoms with Crippen LogP contribution in [0.15, 0.2) is 59.7 Å². The van der Waals surface area contributed by atoms with Gasteiger partial charge in [0.1, 0.15) is 12.1 Å². The second kappa shape index (κ2) is 5.85. The van der Waals surface area contributed by atoms with Gasteiger partial charge in [0.2, 0.25) is 0 Å². The molecular weight excluding hydrogens is 328 g/mol. The summed E-state index contributed by atoms with van der Waals surface area (Å²) in [4.78, 5) is 19.2. The van der Waals surface area contributed by atoms with E-state index < -0.39 is 0 Å². The molecule has 0 unspecified atom stereocenters. The van der Waals surface area contributed by atoms with Gasteiger partial charge in [-0.1, -0.05) is 18.2 Å². The highest BCUT2D eigenvalue weighted by molar-refractivity contribution is 5.93. The Morgan fingerprint density at radius 3 is 2.85 bits per heavy atom. The van der Waals surface area contributed by atoms with Gasteiger partial charge in [-0.15, -0.1) is 0 Å². The van der Waals surface area contributed by atoms with Crippen LogP contribution in [0.2, 0.25) is 0 Å². The van der Waals surface area contributed by atoms with Crippen molar-refractivity contribution in [1.82, 2.24) is 19.8 Å². The van der Waals surface area contributed by atoms with E-state index in [0.717, 1.165) is 25.2 Å². The van der Waals surface area contributed by atoms with Crippen LogP contribution in [0.5, 0.6) is 0 Å². The molecule has 0 atom stereocenters. The lowest BCUT2D eigenvalue weighted by Crippen LogP contribution is -2.52. The lowest BCUT2D eigenvalue weighted by atomic mass is 9.86. The number of likely N-dealkylation sites (tertiary alicyclic amines) is 1. The van der Waals surface area contributed by atoms with E-state index in [1.54, 1.807) is 12.3 Å². The standard InChI is InChI=1S/C20H20N4O2/c25-18(16-5-12-26-14-16)23-9-6-20(7-10-23)19-21-8-11-24(19)17-4-2-1-3-15(17)13-22-20/h1-5,8,11-12,14,22H,6-7,9-10,13H2. The van der Waals surface area contributed by atoms with Crippen LogP contribution in [0.3, 0.4) is 0 Å². The molecule has 1 saturated heterocycles. The first-order valence-electron chi connectivity index (χ1n) is 8.95. The highest BCUT2D eigenvalue weighted by Gasteiger charge is 2.42. The predicted molar refractivity (Wildman–Crippen MR) is 95.9 cm³/mol.